The van der Waals surface area contributed by atoms with Crippen LogP contribution >= 0.6 is 11.8 Å². The first-order valence-corrected chi connectivity index (χ1v) is 3.49. The molecule has 5 heteroatoms. The highest BCUT2D eigenvalue weighted by atomic mass is 32.2. The molecule has 0 radical (unpaired) electrons. The van der Waals surface area contributed by atoms with E-state index in [2.05, 4.69) is 5.32 Å². The van der Waals surface area contributed by atoms with Crippen molar-refractivity contribution < 1.29 is 4.92 Å². The summed E-state index contributed by atoms with van der Waals surface area (Å²) in [5.74, 6) is 0.930. The molecule has 0 spiro atoms. The van der Waals surface area contributed by atoms with Crippen LogP contribution in [0.25, 0.3) is 0 Å². The van der Waals surface area contributed by atoms with E-state index in [0.717, 1.165) is 18.5 Å². The van der Waals surface area contributed by atoms with Crippen LogP contribution in [-0.2, 0) is 0 Å². The summed E-state index contributed by atoms with van der Waals surface area (Å²) in [7, 11) is 0. The van der Waals surface area contributed by atoms with Crippen LogP contribution in [0, 0.1) is 10.1 Å². The lowest BCUT2D eigenvalue weighted by atomic mass is 10.7. The summed E-state index contributed by atoms with van der Waals surface area (Å²) in [5.41, 5.74) is 0. The highest BCUT2D eigenvalue weighted by Gasteiger charge is 2.08. The highest BCUT2D eigenvalue weighted by molar-refractivity contribution is 8.03. The Hall–Kier alpha value is -0.710. The number of thioether (sulfide) groups is 1. The smallest absolute Gasteiger partial charge is 0.263 e. The van der Waals surface area contributed by atoms with E-state index in [1.165, 1.54) is 11.8 Å². The van der Waals surface area contributed by atoms with Crippen LogP contribution in [0.5, 0.6) is 0 Å². The quantitative estimate of drug-likeness (QED) is 0.429. The van der Waals surface area contributed by atoms with Crippen molar-refractivity contribution in [2.45, 2.75) is 0 Å². The van der Waals surface area contributed by atoms with E-state index >= 15 is 0 Å². The van der Waals surface area contributed by atoms with Crippen molar-refractivity contribution in [3.05, 3.63) is 21.3 Å². The van der Waals surface area contributed by atoms with Gasteiger partial charge in [-0.15, -0.1) is 11.8 Å². The van der Waals surface area contributed by atoms with Crippen LogP contribution in [0.2, 0.25) is 0 Å². The van der Waals surface area contributed by atoms with Crippen LogP contribution in [0.3, 0.4) is 0 Å². The summed E-state index contributed by atoms with van der Waals surface area (Å²) in [4.78, 5) is 9.39. The Labute approximate surface area is 56.5 Å². The summed E-state index contributed by atoms with van der Waals surface area (Å²) in [6.07, 6.45) is 0.998. The Morgan fingerprint density at radius 2 is 2.67 bits per heavy atom. The summed E-state index contributed by atoms with van der Waals surface area (Å²) >= 11 is 1.48. The predicted octanol–water partition coefficient (Wildman–Crippen LogP) is 0.398. The molecule has 0 amide bonds. The third kappa shape index (κ3) is 1.93. The van der Waals surface area contributed by atoms with Gasteiger partial charge in [-0.2, -0.15) is 0 Å². The molecule has 1 rings (SSSR count). The van der Waals surface area contributed by atoms with Gasteiger partial charge in [-0.3, -0.25) is 10.1 Å². The zero-order valence-electron chi connectivity index (χ0n) is 4.66. The number of nitrogens with one attached hydrogen (secondary N) is 1. The molecule has 1 aliphatic heterocycles. The fraction of sp³-hybridized carbons (Fsp3) is 0.500. The van der Waals surface area contributed by atoms with Gasteiger partial charge < -0.3 is 5.32 Å². The minimum Gasteiger partial charge on any atom is -0.374 e. The summed E-state index contributed by atoms with van der Waals surface area (Å²) < 4.78 is 0. The van der Waals surface area contributed by atoms with Gasteiger partial charge in [0.25, 0.3) is 6.20 Å². The molecule has 1 N–H and O–H groups in total. The average molecular weight is 146 g/mol. The zero-order chi connectivity index (χ0) is 6.69. The SMILES string of the molecule is O=[N+]([O-])C=C1NCCS1. The maximum absolute atomic E-state index is 9.83. The van der Waals surface area contributed by atoms with E-state index < -0.39 is 4.92 Å². The molecule has 50 valence electrons. The Balaban J connectivity index is 2.49. The zero-order valence-corrected chi connectivity index (χ0v) is 5.48. The van der Waals surface area contributed by atoms with Crippen molar-refractivity contribution in [2.75, 3.05) is 12.3 Å². The predicted molar refractivity (Wildman–Crippen MR) is 35.5 cm³/mol. The van der Waals surface area contributed by atoms with Crippen LogP contribution in [0.15, 0.2) is 11.2 Å². The lowest BCUT2D eigenvalue weighted by Crippen LogP contribution is -2.05. The van der Waals surface area contributed by atoms with Crippen LogP contribution in [-0.4, -0.2) is 17.2 Å². The van der Waals surface area contributed by atoms with Crippen molar-refractivity contribution in [3.8, 4) is 0 Å². The fourth-order valence-corrected chi connectivity index (χ4v) is 1.35. The second kappa shape index (κ2) is 2.72. The van der Waals surface area contributed by atoms with Crippen LogP contribution in [0.1, 0.15) is 0 Å². The molecule has 0 aromatic heterocycles. The van der Waals surface area contributed by atoms with Crippen molar-refractivity contribution in [1.82, 2.24) is 5.32 Å². The fourth-order valence-electron chi connectivity index (χ4n) is 0.565. The molecule has 0 atom stereocenters. The first kappa shape index (κ1) is 6.41. The summed E-state index contributed by atoms with van der Waals surface area (Å²) in [5, 5.41) is 13.4. The molecular formula is C4H6N2O2S. The Morgan fingerprint density at radius 3 is 3.11 bits per heavy atom. The van der Waals surface area contributed by atoms with Crippen molar-refractivity contribution in [1.29, 1.82) is 0 Å². The van der Waals surface area contributed by atoms with Gasteiger partial charge in [-0.05, 0) is 0 Å². The van der Waals surface area contributed by atoms with Crippen molar-refractivity contribution >= 4 is 11.8 Å². The number of hydrogen-bond acceptors (Lipinski definition) is 4. The van der Waals surface area contributed by atoms with Gasteiger partial charge in [0.1, 0.15) is 5.03 Å². The monoisotopic (exact) mass is 146 g/mol. The van der Waals surface area contributed by atoms with Gasteiger partial charge in [0, 0.05) is 12.3 Å². The van der Waals surface area contributed by atoms with E-state index in [4.69, 9.17) is 0 Å². The molecule has 0 aliphatic carbocycles. The van der Waals surface area contributed by atoms with Crippen LogP contribution < -0.4 is 5.32 Å². The lowest BCUT2D eigenvalue weighted by Gasteiger charge is -1.88. The third-order valence-electron chi connectivity index (χ3n) is 0.882. The third-order valence-corrected chi connectivity index (χ3v) is 1.85. The van der Waals surface area contributed by atoms with Crippen molar-refractivity contribution in [2.24, 2.45) is 0 Å². The molecule has 0 bridgehead atoms. The maximum Gasteiger partial charge on any atom is 0.263 e. The molecule has 1 fully saturated rings. The van der Waals surface area contributed by atoms with Gasteiger partial charge in [-0.25, -0.2) is 0 Å². The molecule has 0 aromatic rings. The first-order chi connectivity index (χ1) is 4.29. The minimum absolute atomic E-state index is 0.444. The number of nitrogens with zero attached hydrogens (tertiary/aromatic N) is 1. The normalized spacial score (nSPS) is 22.0. The van der Waals surface area contributed by atoms with Crippen LogP contribution in [0.4, 0.5) is 0 Å². The molecule has 0 saturated carbocycles. The highest BCUT2D eigenvalue weighted by Crippen LogP contribution is 2.16. The maximum atomic E-state index is 9.83. The van der Waals surface area contributed by atoms with E-state index in [9.17, 15) is 10.1 Å². The molecular weight excluding hydrogens is 140 g/mol. The Bertz CT molecular complexity index is 149. The number of nitro groups is 1. The van der Waals surface area contributed by atoms with Crippen molar-refractivity contribution in [3.63, 3.8) is 0 Å². The van der Waals surface area contributed by atoms with Gasteiger partial charge in [-0.1, -0.05) is 0 Å². The lowest BCUT2D eigenvalue weighted by molar-refractivity contribution is -0.403. The standard InChI is InChI=1S/C4H6N2O2S/c7-6(8)3-4-5-1-2-9-4/h3,5H,1-2H2. The topological polar surface area (TPSA) is 55.2 Å². The average Bonchev–Trinajstić information content (AvgIpc) is 2.15. The minimum atomic E-state index is -0.444. The second-order valence-corrected chi connectivity index (χ2v) is 2.69. The van der Waals surface area contributed by atoms with E-state index in [-0.39, 0.29) is 0 Å². The molecule has 4 nitrogen and oxygen atoms in total. The number of hydrogen-bond donors (Lipinski definition) is 1. The summed E-state index contributed by atoms with van der Waals surface area (Å²) in [6, 6.07) is 0. The van der Waals surface area contributed by atoms with E-state index in [1.54, 1.807) is 0 Å². The number of rotatable bonds is 1. The Morgan fingerprint density at radius 1 is 1.89 bits per heavy atom. The van der Waals surface area contributed by atoms with E-state index in [0.29, 0.717) is 5.03 Å². The first-order valence-electron chi connectivity index (χ1n) is 2.51. The Kier molecular flexibility index (Phi) is 1.94. The van der Waals surface area contributed by atoms with Gasteiger partial charge in [0.2, 0.25) is 0 Å². The molecule has 0 unspecified atom stereocenters. The summed E-state index contributed by atoms with van der Waals surface area (Å²) in [6.45, 7) is 0.838. The molecule has 1 aliphatic rings. The molecule has 0 aromatic carbocycles. The molecule has 9 heavy (non-hydrogen) atoms. The van der Waals surface area contributed by atoms with Gasteiger partial charge in [0.15, 0.2) is 0 Å². The largest absolute Gasteiger partial charge is 0.374 e. The van der Waals surface area contributed by atoms with Gasteiger partial charge in [0.05, 0.1) is 4.92 Å². The molecule has 1 saturated heterocycles. The van der Waals surface area contributed by atoms with E-state index in [1.807, 2.05) is 0 Å². The molecule has 1 heterocycles. The van der Waals surface area contributed by atoms with Gasteiger partial charge >= 0.3 is 0 Å². The second-order valence-electron chi connectivity index (χ2n) is 1.55.